The number of carbonyl (C=O) groups excluding carboxylic acids is 1. The number of hydrogen-bond donors (Lipinski definition) is 2. The van der Waals surface area contributed by atoms with Gasteiger partial charge in [0.25, 0.3) is 16.0 Å². The highest BCUT2D eigenvalue weighted by Crippen LogP contribution is 2.24. The normalized spacial score (nSPS) is 11.6. The summed E-state index contributed by atoms with van der Waals surface area (Å²) in [7, 11) is -3.88. The second-order valence-electron chi connectivity index (χ2n) is 4.36. The topological polar surface area (TPSA) is 118 Å². The lowest BCUT2D eigenvalue weighted by atomic mass is 10.5. The largest absolute Gasteiger partial charge is 0.302 e. The van der Waals surface area contributed by atoms with Crippen molar-refractivity contribution >= 4 is 59.9 Å². The van der Waals surface area contributed by atoms with Gasteiger partial charge >= 0.3 is 0 Å². The fourth-order valence-corrected chi connectivity index (χ4v) is 4.01. The summed E-state index contributed by atoms with van der Waals surface area (Å²) in [5.41, 5.74) is 0.495. The van der Waals surface area contributed by atoms with E-state index in [0.29, 0.717) is 5.65 Å². The van der Waals surface area contributed by atoms with E-state index >= 15 is 0 Å². The van der Waals surface area contributed by atoms with Gasteiger partial charge < -0.3 is 5.32 Å². The van der Waals surface area contributed by atoms with Crippen LogP contribution in [0.1, 0.15) is 6.92 Å². The van der Waals surface area contributed by atoms with Gasteiger partial charge in [0.15, 0.2) is 15.0 Å². The molecule has 0 radical (unpaired) electrons. The molecule has 0 unspecified atom stereocenters. The second-order valence-corrected chi connectivity index (χ2v) is 8.21. The molecule has 0 saturated carbocycles. The first-order chi connectivity index (χ1) is 10.8. The molecule has 3 heterocycles. The van der Waals surface area contributed by atoms with Crippen LogP contribution in [0, 0.1) is 0 Å². The van der Waals surface area contributed by atoms with Crippen molar-refractivity contribution in [2.24, 2.45) is 0 Å². The van der Waals surface area contributed by atoms with Crippen molar-refractivity contribution in [3.63, 3.8) is 0 Å². The fourth-order valence-electron chi connectivity index (χ4n) is 1.66. The highest BCUT2D eigenvalue weighted by atomic mass is 79.9. The highest BCUT2D eigenvalue weighted by molar-refractivity contribution is 9.10. The quantitative estimate of drug-likeness (QED) is 0.667. The number of fused-ring (bicyclic) bond motifs is 1. The minimum absolute atomic E-state index is 0.0544. The van der Waals surface area contributed by atoms with E-state index in [1.807, 2.05) is 0 Å². The van der Waals surface area contributed by atoms with E-state index in [-0.39, 0.29) is 21.2 Å². The first-order valence-electron chi connectivity index (χ1n) is 6.12. The van der Waals surface area contributed by atoms with E-state index < -0.39 is 10.0 Å². The van der Waals surface area contributed by atoms with Crippen LogP contribution in [-0.4, -0.2) is 33.9 Å². The molecular weight excluding hydrogens is 408 g/mol. The molecule has 0 fully saturated rings. The molecule has 9 nitrogen and oxygen atoms in total. The van der Waals surface area contributed by atoms with E-state index in [9.17, 15) is 13.2 Å². The van der Waals surface area contributed by atoms with Gasteiger partial charge in [-0.3, -0.25) is 4.79 Å². The van der Waals surface area contributed by atoms with Crippen molar-refractivity contribution in [1.82, 2.24) is 19.6 Å². The Kier molecular flexibility index (Phi) is 4.04. The Morgan fingerprint density at radius 3 is 2.91 bits per heavy atom. The molecule has 1 amide bonds. The zero-order valence-electron chi connectivity index (χ0n) is 11.5. The first kappa shape index (κ1) is 15.8. The molecular formula is C11H9BrN6O3S2. The number of thiazole rings is 1. The number of rotatable bonds is 4. The van der Waals surface area contributed by atoms with Crippen LogP contribution in [-0.2, 0) is 14.8 Å². The fraction of sp³-hybridized carbons (Fsp3) is 0.0909. The Hall–Kier alpha value is -2.05. The van der Waals surface area contributed by atoms with Gasteiger partial charge in [-0.05, 0) is 28.1 Å². The minimum Gasteiger partial charge on any atom is -0.302 e. The van der Waals surface area contributed by atoms with Crippen molar-refractivity contribution in [3.8, 4) is 0 Å². The van der Waals surface area contributed by atoms with Gasteiger partial charge in [-0.2, -0.15) is 4.98 Å². The molecule has 0 aliphatic heterocycles. The Morgan fingerprint density at radius 2 is 2.17 bits per heavy atom. The van der Waals surface area contributed by atoms with Crippen molar-refractivity contribution in [1.29, 1.82) is 0 Å². The van der Waals surface area contributed by atoms with Crippen molar-refractivity contribution < 1.29 is 13.2 Å². The molecule has 0 aliphatic carbocycles. The summed E-state index contributed by atoms with van der Waals surface area (Å²) in [4.78, 5) is 18.9. The van der Waals surface area contributed by atoms with Gasteiger partial charge in [-0.25, -0.2) is 22.6 Å². The lowest BCUT2D eigenvalue weighted by molar-refractivity contribution is -0.114. The maximum absolute atomic E-state index is 12.3. The first-order valence-corrected chi connectivity index (χ1v) is 9.21. The van der Waals surface area contributed by atoms with Crippen LogP contribution in [0.4, 0.5) is 11.1 Å². The van der Waals surface area contributed by atoms with E-state index in [1.165, 1.54) is 11.4 Å². The number of hydrogen-bond acceptors (Lipinski definition) is 7. The predicted octanol–water partition coefficient (Wildman–Crippen LogP) is 1.71. The van der Waals surface area contributed by atoms with Crippen LogP contribution < -0.4 is 10.0 Å². The van der Waals surface area contributed by atoms with E-state index in [2.05, 4.69) is 41.0 Å². The average molecular weight is 417 g/mol. The maximum atomic E-state index is 12.3. The Labute approximate surface area is 142 Å². The monoisotopic (exact) mass is 416 g/mol. The molecule has 120 valence electrons. The number of anilines is 2. The van der Waals surface area contributed by atoms with Crippen molar-refractivity contribution in [2.45, 2.75) is 11.1 Å². The molecule has 0 aliphatic rings. The van der Waals surface area contributed by atoms with Crippen molar-refractivity contribution in [2.75, 3.05) is 10.0 Å². The number of halogens is 1. The molecule has 12 heteroatoms. The van der Waals surface area contributed by atoms with Gasteiger partial charge in [0.1, 0.15) is 0 Å². The van der Waals surface area contributed by atoms with Gasteiger partial charge in [0, 0.05) is 17.6 Å². The van der Waals surface area contributed by atoms with Gasteiger partial charge in [-0.15, -0.1) is 5.10 Å². The van der Waals surface area contributed by atoms with Gasteiger partial charge in [0.2, 0.25) is 5.91 Å². The molecule has 3 aromatic rings. The van der Waals surface area contributed by atoms with Crippen molar-refractivity contribution in [3.05, 3.63) is 29.0 Å². The number of sulfonamides is 1. The van der Waals surface area contributed by atoms with Crippen LogP contribution in [0.15, 0.2) is 33.2 Å². The molecule has 0 spiro atoms. The summed E-state index contributed by atoms with van der Waals surface area (Å²) in [6, 6.07) is 3.46. The molecule has 0 aromatic carbocycles. The summed E-state index contributed by atoms with van der Waals surface area (Å²) in [5, 5.41) is 6.66. The van der Waals surface area contributed by atoms with Crippen LogP contribution in [0.3, 0.4) is 0 Å². The second kappa shape index (κ2) is 5.86. The smallest absolute Gasteiger partial charge is 0.275 e. The average Bonchev–Trinajstić information content (AvgIpc) is 3.03. The van der Waals surface area contributed by atoms with Crippen LogP contribution >= 0.6 is 27.3 Å². The van der Waals surface area contributed by atoms with E-state index in [1.54, 1.807) is 18.3 Å². The number of aromatic nitrogens is 4. The number of pyridine rings is 1. The molecule has 23 heavy (non-hydrogen) atoms. The SMILES string of the molecule is CC(=O)Nc1ncc(S(=O)(=O)Nc2nc3ccc(Br)cn3n2)s1. The third kappa shape index (κ3) is 3.48. The number of nitrogens with one attached hydrogen (secondary N) is 2. The number of amides is 1. The summed E-state index contributed by atoms with van der Waals surface area (Å²) in [6.45, 7) is 1.31. The molecule has 3 aromatic heterocycles. The summed E-state index contributed by atoms with van der Waals surface area (Å²) < 4.78 is 29.0. The Balaban J connectivity index is 1.87. The minimum atomic E-state index is -3.88. The Morgan fingerprint density at radius 1 is 1.39 bits per heavy atom. The molecule has 0 atom stereocenters. The summed E-state index contributed by atoms with van der Waals surface area (Å²) in [6.07, 6.45) is 2.81. The summed E-state index contributed by atoms with van der Waals surface area (Å²) in [5.74, 6) is -0.388. The lowest BCUT2D eigenvalue weighted by Crippen LogP contribution is -2.12. The number of nitrogens with zero attached hydrogens (tertiary/aromatic N) is 4. The van der Waals surface area contributed by atoms with Gasteiger partial charge in [-0.1, -0.05) is 11.3 Å². The van der Waals surface area contributed by atoms with Crippen LogP contribution in [0.25, 0.3) is 5.65 Å². The third-order valence-electron chi connectivity index (χ3n) is 2.55. The zero-order chi connectivity index (χ0) is 16.6. The Bertz CT molecular complexity index is 996. The van der Waals surface area contributed by atoms with E-state index in [0.717, 1.165) is 22.0 Å². The molecule has 2 N–H and O–H groups in total. The maximum Gasteiger partial charge on any atom is 0.275 e. The van der Waals surface area contributed by atoms with Crippen LogP contribution in [0.2, 0.25) is 0 Å². The molecule has 0 saturated heterocycles. The lowest BCUT2D eigenvalue weighted by Gasteiger charge is -2.00. The van der Waals surface area contributed by atoms with Crippen LogP contribution in [0.5, 0.6) is 0 Å². The third-order valence-corrected chi connectivity index (χ3v) is 5.72. The van der Waals surface area contributed by atoms with E-state index in [4.69, 9.17) is 0 Å². The highest BCUT2D eigenvalue weighted by Gasteiger charge is 2.20. The predicted molar refractivity (Wildman–Crippen MR) is 87.9 cm³/mol. The standard InChI is InChI=1S/C11H9BrN6O3S2/c1-6(19)14-11-13-4-9(22-11)23(20,21)17-10-15-8-3-2-7(12)5-18(8)16-10/h2-5H,1H3,(H,16,17)(H,13,14,19). The number of carbonyl (C=O) groups is 1. The summed E-state index contributed by atoms with van der Waals surface area (Å²) >= 11 is 4.13. The molecule has 0 bridgehead atoms. The molecule has 3 rings (SSSR count). The zero-order valence-corrected chi connectivity index (χ0v) is 14.7. The van der Waals surface area contributed by atoms with Gasteiger partial charge in [0.05, 0.1) is 6.20 Å².